The zero-order valence-electron chi connectivity index (χ0n) is 8.06. The Kier molecular flexibility index (Phi) is 4.33. The van der Waals surface area contributed by atoms with Crippen LogP contribution < -0.4 is 0 Å². The monoisotopic (exact) mass is 218 g/mol. The second-order valence-electron chi connectivity index (χ2n) is 3.28. The molecule has 0 aromatic heterocycles. The number of hydrogen-bond donors (Lipinski definition) is 0. The van der Waals surface area contributed by atoms with Crippen molar-refractivity contribution in [3.8, 4) is 0 Å². The van der Waals surface area contributed by atoms with Gasteiger partial charge in [0, 0.05) is 11.4 Å². The minimum Gasteiger partial charge on any atom is -0.205 e. The van der Waals surface area contributed by atoms with E-state index < -0.39 is 6.43 Å². The Hall–Kier alpha value is -0.630. The van der Waals surface area contributed by atoms with Crippen molar-refractivity contribution in [2.24, 2.45) is 0 Å². The lowest BCUT2D eigenvalue weighted by Crippen LogP contribution is -1.94. The van der Waals surface area contributed by atoms with Gasteiger partial charge in [-0.05, 0) is 37.0 Å². The second-order valence-corrected chi connectivity index (χ2v) is 3.66. The van der Waals surface area contributed by atoms with Gasteiger partial charge in [-0.15, -0.1) is 11.6 Å². The summed E-state index contributed by atoms with van der Waals surface area (Å²) in [5.74, 6) is 0.568. The Labute approximate surface area is 87.9 Å². The van der Waals surface area contributed by atoms with Crippen LogP contribution in [0, 0.1) is 6.92 Å². The fourth-order valence-electron chi connectivity index (χ4n) is 1.35. The smallest absolute Gasteiger partial charge is 0.205 e. The van der Waals surface area contributed by atoms with Crippen molar-refractivity contribution in [1.82, 2.24) is 0 Å². The van der Waals surface area contributed by atoms with Crippen LogP contribution in [0.3, 0.4) is 0 Å². The van der Waals surface area contributed by atoms with E-state index >= 15 is 0 Å². The Bertz CT molecular complexity index is 297. The molecule has 0 aliphatic heterocycles. The van der Waals surface area contributed by atoms with Gasteiger partial charge in [0.25, 0.3) is 6.43 Å². The molecule has 0 heterocycles. The quantitative estimate of drug-likeness (QED) is 0.668. The van der Waals surface area contributed by atoms with E-state index in [4.69, 9.17) is 11.6 Å². The summed E-state index contributed by atoms with van der Waals surface area (Å²) in [4.78, 5) is 0. The summed E-state index contributed by atoms with van der Waals surface area (Å²) in [7, 11) is 0. The van der Waals surface area contributed by atoms with Crippen LogP contribution in [0.5, 0.6) is 0 Å². The highest BCUT2D eigenvalue weighted by Crippen LogP contribution is 2.22. The zero-order valence-corrected chi connectivity index (χ0v) is 8.82. The molecule has 0 aliphatic carbocycles. The van der Waals surface area contributed by atoms with Gasteiger partial charge < -0.3 is 0 Å². The number of alkyl halides is 3. The van der Waals surface area contributed by atoms with Crippen molar-refractivity contribution in [1.29, 1.82) is 0 Å². The van der Waals surface area contributed by atoms with Gasteiger partial charge in [-0.2, -0.15) is 0 Å². The largest absolute Gasteiger partial charge is 0.263 e. The Morgan fingerprint density at radius 1 is 1.36 bits per heavy atom. The summed E-state index contributed by atoms with van der Waals surface area (Å²) < 4.78 is 24.7. The number of aryl methyl sites for hydroxylation is 2. The van der Waals surface area contributed by atoms with E-state index in [1.165, 1.54) is 6.07 Å². The van der Waals surface area contributed by atoms with E-state index in [0.717, 1.165) is 24.0 Å². The number of benzene rings is 1. The summed E-state index contributed by atoms with van der Waals surface area (Å²) in [6.07, 6.45) is -0.782. The van der Waals surface area contributed by atoms with E-state index in [1.54, 1.807) is 12.1 Å². The summed E-state index contributed by atoms with van der Waals surface area (Å²) in [5, 5.41) is 0. The van der Waals surface area contributed by atoms with Crippen molar-refractivity contribution in [2.45, 2.75) is 26.2 Å². The lowest BCUT2D eigenvalue weighted by Gasteiger charge is -2.07. The van der Waals surface area contributed by atoms with Crippen LogP contribution in [0.15, 0.2) is 18.2 Å². The van der Waals surface area contributed by atoms with Gasteiger partial charge in [0.15, 0.2) is 0 Å². The van der Waals surface area contributed by atoms with Gasteiger partial charge in [0.2, 0.25) is 0 Å². The van der Waals surface area contributed by atoms with Crippen molar-refractivity contribution in [2.75, 3.05) is 5.88 Å². The minimum absolute atomic E-state index is 0.0974. The maximum Gasteiger partial charge on any atom is 0.263 e. The molecule has 1 aromatic rings. The molecule has 0 fully saturated rings. The third-order valence-electron chi connectivity index (χ3n) is 2.20. The summed E-state index contributed by atoms with van der Waals surface area (Å²) in [6.45, 7) is 1.93. The number of rotatable bonds is 4. The van der Waals surface area contributed by atoms with Crippen LogP contribution in [0.4, 0.5) is 8.78 Å². The fraction of sp³-hybridized carbons (Fsp3) is 0.455. The molecule has 0 nitrogen and oxygen atoms in total. The van der Waals surface area contributed by atoms with Crippen LogP contribution >= 0.6 is 11.6 Å². The number of hydrogen-bond acceptors (Lipinski definition) is 0. The van der Waals surface area contributed by atoms with Crippen molar-refractivity contribution < 1.29 is 8.78 Å². The highest BCUT2D eigenvalue weighted by Gasteiger charge is 2.08. The van der Waals surface area contributed by atoms with Gasteiger partial charge in [0.1, 0.15) is 0 Å². The molecule has 0 N–H and O–H groups in total. The molecule has 0 unspecified atom stereocenters. The molecular formula is C11H13ClF2. The van der Waals surface area contributed by atoms with Crippen molar-refractivity contribution in [3.05, 3.63) is 34.9 Å². The molecule has 0 saturated heterocycles. The molecule has 0 radical (unpaired) electrons. The maximum absolute atomic E-state index is 12.4. The van der Waals surface area contributed by atoms with Crippen LogP contribution in [-0.4, -0.2) is 5.88 Å². The van der Waals surface area contributed by atoms with E-state index in [2.05, 4.69) is 0 Å². The lowest BCUT2D eigenvalue weighted by atomic mass is 10.0. The van der Waals surface area contributed by atoms with Gasteiger partial charge in [0.05, 0.1) is 0 Å². The summed E-state index contributed by atoms with van der Waals surface area (Å²) in [5.41, 5.74) is 2.13. The third-order valence-corrected chi connectivity index (χ3v) is 2.47. The Balaban J connectivity index is 2.85. The van der Waals surface area contributed by atoms with Crippen molar-refractivity contribution >= 4 is 11.6 Å². The van der Waals surface area contributed by atoms with Gasteiger partial charge >= 0.3 is 0 Å². The molecule has 0 spiro atoms. The van der Waals surface area contributed by atoms with E-state index in [0.29, 0.717) is 5.88 Å². The van der Waals surface area contributed by atoms with E-state index in [1.807, 2.05) is 6.92 Å². The van der Waals surface area contributed by atoms with Gasteiger partial charge in [-0.3, -0.25) is 0 Å². The molecule has 0 saturated carbocycles. The average molecular weight is 219 g/mol. The van der Waals surface area contributed by atoms with Crippen LogP contribution in [0.25, 0.3) is 0 Å². The molecule has 1 rings (SSSR count). The molecule has 0 aliphatic rings. The lowest BCUT2D eigenvalue weighted by molar-refractivity contribution is 0.151. The molecule has 0 bridgehead atoms. The molecule has 1 aromatic carbocycles. The summed E-state index contributed by atoms with van der Waals surface area (Å²) in [6, 6.07) is 4.79. The molecule has 0 amide bonds. The molecular weight excluding hydrogens is 206 g/mol. The first-order chi connectivity index (χ1) is 6.65. The molecule has 0 atom stereocenters. The highest BCUT2D eigenvalue weighted by molar-refractivity contribution is 6.17. The Morgan fingerprint density at radius 2 is 2.07 bits per heavy atom. The SMILES string of the molecule is Cc1ccc(C(F)F)cc1CCCCl. The molecule has 14 heavy (non-hydrogen) atoms. The second kappa shape index (κ2) is 5.30. The normalized spacial score (nSPS) is 10.9. The van der Waals surface area contributed by atoms with Crippen LogP contribution in [0.2, 0.25) is 0 Å². The van der Waals surface area contributed by atoms with E-state index in [9.17, 15) is 8.78 Å². The average Bonchev–Trinajstić information content (AvgIpc) is 2.16. The summed E-state index contributed by atoms with van der Waals surface area (Å²) >= 11 is 5.56. The number of halogens is 3. The van der Waals surface area contributed by atoms with Crippen LogP contribution in [0.1, 0.15) is 29.5 Å². The first-order valence-corrected chi connectivity index (χ1v) is 5.12. The maximum atomic E-state index is 12.4. The van der Waals surface area contributed by atoms with Gasteiger partial charge in [-0.1, -0.05) is 12.1 Å². The molecule has 78 valence electrons. The fourth-order valence-corrected chi connectivity index (χ4v) is 1.49. The van der Waals surface area contributed by atoms with E-state index in [-0.39, 0.29) is 5.56 Å². The Morgan fingerprint density at radius 3 is 2.64 bits per heavy atom. The first kappa shape index (κ1) is 11.4. The first-order valence-electron chi connectivity index (χ1n) is 4.58. The molecule has 3 heteroatoms. The van der Waals surface area contributed by atoms with Crippen LogP contribution in [-0.2, 0) is 6.42 Å². The standard InChI is InChI=1S/C11H13ClF2/c1-8-4-5-10(11(13)14)7-9(8)3-2-6-12/h4-5,7,11H,2-3,6H2,1H3. The minimum atomic E-state index is -2.38. The van der Waals surface area contributed by atoms with Crippen molar-refractivity contribution in [3.63, 3.8) is 0 Å². The van der Waals surface area contributed by atoms with Gasteiger partial charge in [-0.25, -0.2) is 8.78 Å². The third kappa shape index (κ3) is 2.95. The predicted octanol–water partition coefficient (Wildman–Crippen LogP) is 4.10. The predicted molar refractivity (Wildman–Crippen MR) is 55.2 cm³/mol. The topological polar surface area (TPSA) is 0 Å². The highest BCUT2D eigenvalue weighted by atomic mass is 35.5. The zero-order chi connectivity index (χ0) is 10.6.